The van der Waals surface area contributed by atoms with Gasteiger partial charge in [-0.2, -0.15) is 15.5 Å². The Balaban J connectivity index is 1.53. The summed E-state index contributed by atoms with van der Waals surface area (Å²) in [6, 6.07) is 3.45. The number of rotatable bonds is 17. The quantitative estimate of drug-likeness (QED) is 0.0640. The SMILES string of the molecule is CC(C)C(=O)Nc1nc2c(ncn2[C@@H]2O[C@H](CO)[C@@H](O[Si](C)(C)C(C)(C)C)[C@H]2O[P@@](=S)(OCCC#N)OC[C@H]2C[C@@H](Nc3ncncc3C#N)C[C@@H]2P(=O)(O)O)c(=O)[nH]1. The standard InChI is InChI=1S/C34H50N10O11P2SSi/c1-19(2)30(46)42-33-41-29-25(31(47)43-33)39-18-44(29)32-27(26(23(15-45)53-32)55-59(6,7)34(3,4)5)54-57(58,51-10-8-9-35)52-16-20-11-22(12-24(20)56(48,49)50)40-28-21(13-36)14-37-17-38-28/h14,17-20,22-24,26-27,32,45H,8,10-12,15-16H2,1-7H3,(H,37,38,40)(H2,48,49,50)(H2,41,42,43,46,47)/t20-,22-,23-,24+,26-,27-,32-,57-/m1/s1. The minimum absolute atomic E-state index is 0.00475. The van der Waals surface area contributed by atoms with Crippen LogP contribution in [-0.4, -0.2) is 108 Å². The predicted molar refractivity (Wildman–Crippen MR) is 219 cm³/mol. The van der Waals surface area contributed by atoms with Crippen LogP contribution in [0.5, 0.6) is 0 Å². The number of imidazole rings is 1. The molecule has 3 aromatic rings. The Labute approximate surface area is 346 Å². The van der Waals surface area contributed by atoms with Crippen molar-refractivity contribution in [3.63, 3.8) is 0 Å². The van der Waals surface area contributed by atoms with E-state index in [1.165, 1.54) is 23.4 Å². The summed E-state index contributed by atoms with van der Waals surface area (Å²) in [5, 5.41) is 34.9. The maximum atomic E-state index is 13.2. The number of aromatic nitrogens is 6. The van der Waals surface area contributed by atoms with Crippen molar-refractivity contribution in [2.24, 2.45) is 11.8 Å². The van der Waals surface area contributed by atoms with Crippen molar-refractivity contribution in [1.82, 2.24) is 29.5 Å². The minimum atomic E-state index is -4.72. The van der Waals surface area contributed by atoms with Crippen LogP contribution in [0.1, 0.15) is 65.7 Å². The van der Waals surface area contributed by atoms with Gasteiger partial charge in [0.15, 0.2) is 25.7 Å². The van der Waals surface area contributed by atoms with Gasteiger partial charge >= 0.3 is 14.3 Å². The number of hydrogen-bond donors (Lipinski definition) is 6. The Hall–Kier alpha value is -3.54. The molecule has 1 saturated carbocycles. The highest BCUT2D eigenvalue weighted by atomic mass is 32.5. The lowest BCUT2D eigenvalue weighted by atomic mass is 10.1. The van der Waals surface area contributed by atoms with E-state index in [1.54, 1.807) is 13.8 Å². The van der Waals surface area contributed by atoms with Gasteiger partial charge in [-0.1, -0.05) is 34.6 Å². The third-order valence-corrected chi connectivity index (χ3v) is 18.9. The molecule has 0 bridgehead atoms. The minimum Gasteiger partial charge on any atom is -0.408 e. The summed E-state index contributed by atoms with van der Waals surface area (Å²) in [5.41, 5.74) is -1.79. The zero-order valence-corrected chi connectivity index (χ0v) is 37.2. The van der Waals surface area contributed by atoms with Crippen LogP contribution in [0.25, 0.3) is 11.2 Å². The van der Waals surface area contributed by atoms with Gasteiger partial charge in [-0.05, 0) is 48.7 Å². The Morgan fingerprint density at radius 2 is 1.93 bits per heavy atom. The third-order valence-electron chi connectivity index (χ3n) is 10.6. The number of fused-ring (bicyclic) bond motifs is 1. The molecule has 21 nitrogen and oxygen atoms in total. The summed E-state index contributed by atoms with van der Waals surface area (Å²) in [6.07, 6.45) is -0.614. The molecule has 59 heavy (non-hydrogen) atoms. The Kier molecular flexibility index (Phi) is 14.7. The van der Waals surface area contributed by atoms with Crippen molar-refractivity contribution in [1.29, 1.82) is 10.5 Å². The van der Waals surface area contributed by atoms with Gasteiger partial charge in [0.2, 0.25) is 11.9 Å². The maximum Gasteiger partial charge on any atom is 0.329 e. The second-order valence-electron chi connectivity index (χ2n) is 16.2. The molecule has 0 unspecified atom stereocenters. The van der Waals surface area contributed by atoms with E-state index in [0.29, 0.717) is 0 Å². The van der Waals surface area contributed by atoms with Crippen LogP contribution >= 0.6 is 14.3 Å². The normalized spacial score (nSPS) is 24.8. The molecular formula is C34H50N10O11P2SSi. The summed E-state index contributed by atoms with van der Waals surface area (Å²) >= 11 is 5.99. The largest absolute Gasteiger partial charge is 0.408 e. The number of nitriles is 2. The molecule has 1 saturated heterocycles. The molecule has 8 atom stereocenters. The highest BCUT2D eigenvalue weighted by Crippen LogP contribution is 2.58. The van der Waals surface area contributed by atoms with Crippen LogP contribution in [0.15, 0.2) is 23.6 Å². The average molecular weight is 897 g/mol. The number of nitrogens with zero attached hydrogens (tertiary/aromatic N) is 7. The molecule has 322 valence electrons. The molecule has 6 N–H and O–H groups in total. The molecule has 25 heteroatoms. The van der Waals surface area contributed by atoms with Gasteiger partial charge in [0.25, 0.3) is 5.56 Å². The van der Waals surface area contributed by atoms with Crippen molar-refractivity contribution in [2.75, 3.05) is 30.5 Å². The number of carbonyl (C=O) groups excluding carboxylic acids is 1. The summed E-state index contributed by atoms with van der Waals surface area (Å²) in [5.74, 6) is -1.56. The molecule has 0 spiro atoms. The number of aliphatic hydroxyl groups is 1. The van der Waals surface area contributed by atoms with Gasteiger partial charge in [0.1, 0.15) is 42.1 Å². The molecule has 3 aromatic heterocycles. The number of nitrogens with one attached hydrogen (secondary N) is 3. The smallest absolute Gasteiger partial charge is 0.329 e. The van der Waals surface area contributed by atoms with Crippen LogP contribution in [0.2, 0.25) is 18.1 Å². The third kappa shape index (κ3) is 10.9. The number of hydrogen-bond acceptors (Lipinski definition) is 17. The van der Waals surface area contributed by atoms with Crippen molar-refractivity contribution < 1.29 is 47.0 Å². The van der Waals surface area contributed by atoms with Crippen LogP contribution in [-0.2, 0) is 43.9 Å². The zero-order chi connectivity index (χ0) is 43.5. The van der Waals surface area contributed by atoms with Gasteiger partial charge in [0, 0.05) is 12.0 Å². The molecule has 0 radical (unpaired) electrons. The van der Waals surface area contributed by atoms with Gasteiger partial charge in [0.05, 0.1) is 50.5 Å². The number of amides is 1. The van der Waals surface area contributed by atoms with E-state index >= 15 is 0 Å². The molecule has 0 aromatic carbocycles. The lowest BCUT2D eigenvalue weighted by molar-refractivity contribution is -0.118. The summed E-state index contributed by atoms with van der Waals surface area (Å²) in [4.78, 5) is 65.8. The topological polar surface area (TPSA) is 302 Å². The van der Waals surface area contributed by atoms with Crippen LogP contribution < -0.4 is 16.2 Å². The molecule has 1 aliphatic carbocycles. The predicted octanol–water partition coefficient (Wildman–Crippen LogP) is 3.65. The number of anilines is 2. The van der Waals surface area contributed by atoms with E-state index in [4.69, 9.17) is 34.5 Å². The Bertz CT molecular complexity index is 2240. The molecule has 1 amide bonds. The maximum absolute atomic E-state index is 13.2. The number of aliphatic hydroxyl groups excluding tert-OH is 1. The van der Waals surface area contributed by atoms with E-state index in [9.17, 15) is 39.6 Å². The van der Waals surface area contributed by atoms with E-state index in [0.717, 1.165) is 0 Å². The number of H-pyrrole nitrogens is 1. The zero-order valence-electron chi connectivity index (χ0n) is 33.6. The van der Waals surface area contributed by atoms with Crippen molar-refractivity contribution in [3.05, 3.63) is 34.8 Å². The fraction of sp³-hybridized carbons (Fsp3) is 0.647. The first kappa shape index (κ1) is 46.5. The van der Waals surface area contributed by atoms with Crippen molar-refractivity contribution >= 4 is 63.3 Å². The fourth-order valence-electron chi connectivity index (χ4n) is 6.45. The summed E-state index contributed by atoms with van der Waals surface area (Å²) < 4.78 is 46.5. The number of carbonyl (C=O) groups is 1. The van der Waals surface area contributed by atoms with Crippen LogP contribution in [0.3, 0.4) is 0 Å². The Morgan fingerprint density at radius 1 is 1.20 bits per heavy atom. The average Bonchev–Trinajstić information content (AvgIpc) is 3.86. The highest BCUT2D eigenvalue weighted by Gasteiger charge is 2.54. The summed E-state index contributed by atoms with van der Waals surface area (Å²) in [6.45, 7) is 8.28. The first-order valence-corrected chi connectivity index (χ1v) is 25.9. The summed E-state index contributed by atoms with van der Waals surface area (Å²) in [7, 11) is -7.41. The van der Waals surface area contributed by atoms with Gasteiger partial charge < -0.3 is 38.4 Å². The van der Waals surface area contributed by atoms with Gasteiger partial charge in [-0.25, -0.2) is 15.0 Å². The van der Waals surface area contributed by atoms with Gasteiger partial charge in [-0.3, -0.25) is 33.5 Å². The molecule has 5 rings (SSSR count). The van der Waals surface area contributed by atoms with E-state index in [-0.39, 0.29) is 66.0 Å². The second-order valence-corrected chi connectivity index (χ2v) is 25.7. The molecular weight excluding hydrogens is 847 g/mol. The van der Waals surface area contributed by atoms with Gasteiger partial charge in [-0.15, -0.1) is 0 Å². The highest BCUT2D eigenvalue weighted by molar-refractivity contribution is 8.07. The van der Waals surface area contributed by atoms with E-state index in [1.807, 2.05) is 46.0 Å². The number of aromatic amines is 1. The van der Waals surface area contributed by atoms with E-state index < -0.39 is 88.8 Å². The second kappa shape index (κ2) is 18.6. The molecule has 4 heterocycles. The molecule has 1 aliphatic heterocycles. The number of ether oxygens (including phenoxy) is 1. The first-order chi connectivity index (χ1) is 27.6. The lowest BCUT2D eigenvalue weighted by Gasteiger charge is -2.41. The van der Waals surface area contributed by atoms with Crippen molar-refractivity contribution in [3.8, 4) is 12.1 Å². The van der Waals surface area contributed by atoms with Crippen molar-refractivity contribution in [2.45, 2.75) is 108 Å². The van der Waals surface area contributed by atoms with Crippen LogP contribution in [0.4, 0.5) is 11.8 Å². The van der Waals surface area contributed by atoms with E-state index in [2.05, 4.69) is 35.6 Å². The van der Waals surface area contributed by atoms with Crippen LogP contribution in [0, 0.1) is 34.5 Å². The fourth-order valence-corrected chi connectivity index (χ4v) is 11.2. The monoisotopic (exact) mass is 896 g/mol. The molecule has 2 aliphatic rings. The lowest BCUT2D eigenvalue weighted by Crippen LogP contribution is -2.50. The Morgan fingerprint density at radius 3 is 2.56 bits per heavy atom. The molecule has 2 fully saturated rings. The first-order valence-electron chi connectivity index (χ1n) is 18.8.